The van der Waals surface area contributed by atoms with Crippen molar-refractivity contribution >= 4 is 16.6 Å². The summed E-state index contributed by atoms with van der Waals surface area (Å²) in [4.78, 5) is 14.4. The molecule has 1 atom stereocenters. The van der Waals surface area contributed by atoms with Crippen molar-refractivity contribution in [3.05, 3.63) is 39.6 Å². The molecule has 0 spiro atoms. The molecule has 5 heteroatoms. The quantitative estimate of drug-likeness (QED) is 0.651. The van der Waals surface area contributed by atoms with Crippen LogP contribution < -0.4 is 5.32 Å². The first-order valence-corrected chi connectivity index (χ1v) is 9.79. The number of nitro benzene ring substituents is 1. The molecule has 1 fully saturated rings. The Morgan fingerprint density at radius 2 is 2.04 bits per heavy atom. The maximum atomic E-state index is 11.1. The van der Waals surface area contributed by atoms with Gasteiger partial charge in [-0.25, -0.2) is 0 Å². The van der Waals surface area contributed by atoms with Crippen molar-refractivity contribution in [1.29, 1.82) is 0 Å². The van der Waals surface area contributed by atoms with Gasteiger partial charge in [-0.1, -0.05) is 13.3 Å². The Balaban J connectivity index is 1.57. The number of nitro groups is 1. The van der Waals surface area contributed by atoms with Gasteiger partial charge < -0.3 is 10.3 Å². The minimum absolute atomic E-state index is 0.193. The summed E-state index contributed by atoms with van der Waals surface area (Å²) in [5.74, 6) is 0.931. The lowest BCUT2D eigenvalue weighted by molar-refractivity contribution is -0.732. The molecule has 3 N–H and O–H groups in total. The van der Waals surface area contributed by atoms with Crippen molar-refractivity contribution < 1.29 is 10.2 Å². The van der Waals surface area contributed by atoms with Crippen molar-refractivity contribution in [3.63, 3.8) is 0 Å². The number of rotatable bonds is 4. The Kier molecular flexibility index (Phi) is 4.50. The zero-order valence-corrected chi connectivity index (χ0v) is 15.0. The molecule has 2 aliphatic rings. The van der Waals surface area contributed by atoms with Gasteiger partial charge in [0.05, 0.1) is 16.7 Å². The van der Waals surface area contributed by atoms with Gasteiger partial charge in [0.1, 0.15) is 6.04 Å². The average Bonchev–Trinajstić information content (AvgIpc) is 3.01. The van der Waals surface area contributed by atoms with Crippen LogP contribution in [0.2, 0.25) is 0 Å². The fraction of sp³-hybridized carbons (Fsp3) is 0.600. The Morgan fingerprint density at radius 1 is 1.24 bits per heavy atom. The van der Waals surface area contributed by atoms with Crippen LogP contribution >= 0.6 is 0 Å². The Hall–Kier alpha value is -1.88. The number of aromatic nitrogens is 1. The van der Waals surface area contributed by atoms with Crippen LogP contribution in [-0.4, -0.2) is 15.9 Å². The number of H-pyrrole nitrogens is 1. The minimum atomic E-state index is -0.294. The zero-order chi connectivity index (χ0) is 17.4. The van der Waals surface area contributed by atoms with Gasteiger partial charge in [-0.3, -0.25) is 10.1 Å². The van der Waals surface area contributed by atoms with Crippen molar-refractivity contribution in [2.45, 2.75) is 70.4 Å². The van der Waals surface area contributed by atoms with Crippen molar-refractivity contribution in [1.82, 2.24) is 4.98 Å². The highest BCUT2D eigenvalue weighted by atomic mass is 16.6. The summed E-state index contributed by atoms with van der Waals surface area (Å²) in [5, 5.41) is 14.7. The van der Waals surface area contributed by atoms with Gasteiger partial charge in [-0.05, 0) is 56.1 Å². The molecule has 2 aliphatic carbocycles. The zero-order valence-electron chi connectivity index (χ0n) is 15.0. The van der Waals surface area contributed by atoms with Crippen LogP contribution in [0.5, 0.6) is 0 Å². The molecule has 0 unspecified atom stereocenters. The van der Waals surface area contributed by atoms with Gasteiger partial charge >= 0.3 is 0 Å². The molecule has 0 amide bonds. The highest BCUT2D eigenvalue weighted by Crippen LogP contribution is 2.35. The summed E-state index contributed by atoms with van der Waals surface area (Å²) in [7, 11) is 0. The van der Waals surface area contributed by atoms with E-state index in [9.17, 15) is 10.1 Å². The number of hydrogen-bond acceptors (Lipinski definition) is 2. The van der Waals surface area contributed by atoms with E-state index < -0.39 is 0 Å². The Labute approximate surface area is 148 Å². The maximum Gasteiger partial charge on any atom is 0.270 e. The number of hydrogen-bond donors (Lipinski definition) is 2. The van der Waals surface area contributed by atoms with E-state index in [1.165, 1.54) is 56.2 Å². The topological polar surface area (TPSA) is 75.5 Å². The molecule has 0 saturated heterocycles. The molecule has 25 heavy (non-hydrogen) atoms. The summed E-state index contributed by atoms with van der Waals surface area (Å²) >= 11 is 0. The largest absolute Gasteiger partial charge is 0.353 e. The molecular weight excluding hydrogens is 314 g/mol. The molecule has 4 rings (SSSR count). The number of aromatic amines is 1. The van der Waals surface area contributed by atoms with E-state index >= 15 is 0 Å². The summed E-state index contributed by atoms with van der Waals surface area (Å²) in [6, 6.07) is 6.45. The van der Waals surface area contributed by atoms with E-state index in [0.717, 1.165) is 29.3 Å². The molecule has 0 bridgehead atoms. The monoisotopic (exact) mass is 342 g/mol. The number of quaternary nitrogens is 1. The Morgan fingerprint density at radius 3 is 2.76 bits per heavy atom. The lowest BCUT2D eigenvalue weighted by Gasteiger charge is -2.30. The molecule has 1 heterocycles. The molecule has 1 saturated carbocycles. The third-order valence-electron chi connectivity index (χ3n) is 6.42. The van der Waals surface area contributed by atoms with Gasteiger partial charge in [0, 0.05) is 29.5 Å². The van der Waals surface area contributed by atoms with Gasteiger partial charge in [0.25, 0.3) is 5.69 Å². The van der Waals surface area contributed by atoms with E-state index in [1.54, 1.807) is 12.1 Å². The second-order valence-electron chi connectivity index (χ2n) is 7.88. The first-order chi connectivity index (χ1) is 12.2. The second kappa shape index (κ2) is 6.79. The van der Waals surface area contributed by atoms with Crippen LogP contribution in [0, 0.1) is 16.0 Å². The summed E-state index contributed by atoms with van der Waals surface area (Å²) in [6.07, 6.45) is 10.1. The van der Waals surface area contributed by atoms with Crippen LogP contribution in [0.25, 0.3) is 10.9 Å². The van der Waals surface area contributed by atoms with Gasteiger partial charge in [0.2, 0.25) is 0 Å². The van der Waals surface area contributed by atoms with Crippen LogP contribution in [0.3, 0.4) is 0 Å². The fourth-order valence-electron chi connectivity index (χ4n) is 4.91. The summed E-state index contributed by atoms with van der Waals surface area (Å²) in [5.41, 5.74) is 3.87. The molecular formula is C20H28N3O2+. The summed E-state index contributed by atoms with van der Waals surface area (Å²) in [6.45, 7) is 2.31. The molecule has 1 aromatic carbocycles. The summed E-state index contributed by atoms with van der Waals surface area (Å²) < 4.78 is 0. The molecule has 2 aromatic rings. The lowest BCUT2D eigenvalue weighted by Crippen LogP contribution is -2.91. The first-order valence-electron chi connectivity index (χ1n) is 9.79. The molecule has 0 aliphatic heterocycles. The highest BCUT2D eigenvalue weighted by molar-refractivity contribution is 5.87. The third kappa shape index (κ3) is 3.17. The predicted octanol–water partition coefficient (Wildman–Crippen LogP) is 3.99. The number of fused-ring (bicyclic) bond motifs is 3. The minimum Gasteiger partial charge on any atom is -0.353 e. The SMILES string of the molecule is CCC1CCC([NH2+][C@@H]2CCCc3c2[nH]c2ccc([N+](=O)[O-])cc32)CC1. The van der Waals surface area contributed by atoms with E-state index in [4.69, 9.17) is 0 Å². The number of benzene rings is 1. The molecule has 0 radical (unpaired) electrons. The average molecular weight is 342 g/mol. The molecule has 134 valence electrons. The first kappa shape index (κ1) is 16.6. The molecule has 5 nitrogen and oxygen atoms in total. The van der Waals surface area contributed by atoms with Crippen LogP contribution in [0.15, 0.2) is 18.2 Å². The molecule has 1 aromatic heterocycles. The van der Waals surface area contributed by atoms with E-state index in [2.05, 4.69) is 17.2 Å². The van der Waals surface area contributed by atoms with Crippen molar-refractivity contribution in [2.24, 2.45) is 5.92 Å². The van der Waals surface area contributed by atoms with Crippen LogP contribution in [0.1, 0.15) is 69.2 Å². The van der Waals surface area contributed by atoms with Gasteiger partial charge in [-0.2, -0.15) is 0 Å². The highest BCUT2D eigenvalue weighted by Gasteiger charge is 2.31. The lowest BCUT2D eigenvalue weighted by atomic mass is 9.83. The van der Waals surface area contributed by atoms with Crippen molar-refractivity contribution in [2.75, 3.05) is 0 Å². The Bertz CT molecular complexity index is 775. The third-order valence-corrected chi connectivity index (χ3v) is 6.42. The number of nitrogens with two attached hydrogens (primary N) is 1. The van der Waals surface area contributed by atoms with Gasteiger partial charge in [-0.15, -0.1) is 0 Å². The maximum absolute atomic E-state index is 11.1. The second-order valence-corrected chi connectivity index (χ2v) is 7.88. The predicted molar refractivity (Wildman–Crippen MR) is 98.6 cm³/mol. The van der Waals surface area contributed by atoms with Crippen LogP contribution in [0.4, 0.5) is 5.69 Å². The standard InChI is InChI=1S/C20H27N3O2/c1-2-13-6-8-14(9-7-13)21-19-5-3-4-16-17-12-15(23(24)25)10-11-18(17)22-20(16)19/h10-14,19,21-22H,2-9H2,1H3/p+1/t13?,14?,19-/m1/s1. The van der Waals surface area contributed by atoms with E-state index in [-0.39, 0.29) is 10.6 Å². The van der Waals surface area contributed by atoms with Gasteiger partial charge in [0.15, 0.2) is 0 Å². The number of nitrogens with zero attached hydrogens (tertiary/aromatic N) is 1. The van der Waals surface area contributed by atoms with E-state index in [1.807, 2.05) is 6.07 Å². The number of aryl methyl sites for hydroxylation is 1. The smallest absolute Gasteiger partial charge is 0.270 e. The number of nitrogens with one attached hydrogen (secondary N) is 1. The number of non-ortho nitro benzene ring substituents is 1. The fourth-order valence-corrected chi connectivity index (χ4v) is 4.91. The van der Waals surface area contributed by atoms with E-state index in [0.29, 0.717) is 6.04 Å². The van der Waals surface area contributed by atoms with Crippen LogP contribution in [-0.2, 0) is 6.42 Å². The van der Waals surface area contributed by atoms with Crippen molar-refractivity contribution in [3.8, 4) is 0 Å². The normalized spacial score (nSPS) is 26.5.